The van der Waals surface area contributed by atoms with Gasteiger partial charge in [0.25, 0.3) is 5.56 Å². The molecule has 0 unspecified atom stereocenters. The van der Waals surface area contributed by atoms with E-state index in [0.717, 1.165) is 16.7 Å². The Balaban J connectivity index is 2.31. The van der Waals surface area contributed by atoms with Gasteiger partial charge in [0.05, 0.1) is 13.5 Å². The van der Waals surface area contributed by atoms with Gasteiger partial charge in [-0.25, -0.2) is 4.79 Å². The Bertz CT molecular complexity index is 1110. The van der Waals surface area contributed by atoms with Crippen molar-refractivity contribution in [2.75, 3.05) is 7.11 Å². The molecule has 140 valence electrons. The first-order valence-electron chi connectivity index (χ1n) is 8.58. The lowest BCUT2D eigenvalue weighted by Crippen LogP contribution is -2.39. The van der Waals surface area contributed by atoms with Gasteiger partial charge in [0.1, 0.15) is 0 Å². The number of aryl methyl sites for hydroxylation is 2. The van der Waals surface area contributed by atoms with Crippen molar-refractivity contribution >= 4 is 22.9 Å². The van der Waals surface area contributed by atoms with Gasteiger partial charge in [-0.1, -0.05) is 6.92 Å². The molecule has 0 spiro atoms. The van der Waals surface area contributed by atoms with E-state index in [0.29, 0.717) is 16.9 Å². The molecule has 0 aliphatic heterocycles. The number of methoxy groups -OCH3 is 1. The fourth-order valence-electron chi connectivity index (χ4n) is 3.26. The number of aromatic nitrogens is 5. The van der Waals surface area contributed by atoms with Crippen molar-refractivity contribution in [3.63, 3.8) is 0 Å². The van der Waals surface area contributed by atoms with Crippen molar-refractivity contribution in [3.05, 3.63) is 32.7 Å². The number of ether oxygens (including phenoxy) is 1. The van der Waals surface area contributed by atoms with Crippen LogP contribution in [0.25, 0.3) is 16.9 Å². The summed E-state index contributed by atoms with van der Waals surface area (Å²) in [6.07, 6.45) is 2.72. The van der Waals surface area contributed by atoms with Crippen LogP contribution >= 0.6 is 0 Å². The van der Waals surface area contributed by atoms with Crippen LogP contribution in [0.5, 0.6) is 0 Å². The third-order valence-electron chi connectivity index (χ3n) is 4.87. The number of hydrogen-bond acceptors (Lipinski definition) is 5. The van der Waals surface area contributed by atoms with Gasteiger partial charge in [-0.3, -0.25) is 23.1 Å². The van der Waals surface area contributed by atoms with Crippen molar-refractivity contribution in [1.82, 2.24) is 23.1 Å². The highest BCUT2D eigenvalue weighted by molar-refractivity contribution is 5.76. The number of carbonyl (C=O) groups is 1. The number of carbonyl (C=O) groups excluding carboxylic acids is 1. The Morgan fingerprint density at radius 2 is 2.04 bits per heavy atom. The van der Waals surface area contributed by atoms with Crippen molar-refractivity contribution in [2.24, 2.45) is 7.05 Å². The van der Waals surface area contributed by atoms with E-state index in [-0.39, 0.29) is 19.0 Å². The Morgan fingerprint density at radius 3 is 2.65 bits per heavy atom. The van der Waals surface area contributed by atoms with E-state index in [1.54, 1.807) is 11.4 Å². The Labute approximate surface area is 149 Å². The van der Waals surface area contributed by atoms with Gasteiger partial charge in [0.15, 0.2) is 11.2 Å². The molecule has 0 amide bonds. The lowest BCUT2D eigenvalue weighted by atomic mass is 10.2. The molecule has 0 aliphatic rings. The lowest BCUT2D eigenvalue weighted by molar-refractivity contribution is -0.140. The first-order chi connectivity index (χ1) is 12.3. The van der Waals surface area contributed by atoms with Crippen LogP contribution < -0.4 is 11.2 Å². The summed E-state index contributed by atoms with van der Waals surface area (Å²) in [7, 11) is 2.85. The second-order valence-electron chi connectivity index (χ2n) is 6.48. The van der Waals surface area contributed by atoms with Crippen LogP contribution in [0.2, 0.25) is 0 Å². The maximum absolute atomic E-state index is 13.0. The molecule has 3 aromatic rings. The SMILES string of the molecule is CC[C@@H](C)n1c(C)cn2c3c(=O)n(CCC(=O)OC)c(=O)n(C)c3nc12. The summed E-state index contributed by atoms with van der Waals surface area (Å²) in [6.45, 7) is 6.09. The molecule has 0 bridgehead atoms. The first-order valence-corrected chi connectivity index (χ1v) is 8.58. The average molecular weight is 361 g/mol. The Morgan fingerprint density at radius 1 is 1.35 bits per heavy atom. The van der Waals surface area contributed by atoms with E-state index in [2.05, 4.69) is 28.1 Å². The van der Waals surface area contributed by atoms with E-state index < -0.39 is 17.2 Å². The van der Waals surface area contributed by atoms with E-state index in [4.69, 9.17) is 0 Å². The summed E-state index contributed by atoms with van der Waals surface area (Å²) in [5.74, 6) is 0.154. The molecule has 0 radical (unpaired) electrons. The maximum Gasteiger partial charge on any atom is 0.332 e. The van der Waals surface area contributed by atoms with E-state index in [1.807, 2.05) is 13.1 Å². The van der Waals surface area contributed by atoms with E-state index in [9.17, 15) is 14.4 Å². The van der Waals surface area contributed by atoms with Gasteiger partial charge in [-0.05, 0) is 20.3 Å². The second kappa shape index (κ2) is 6.47. The molecule has 3 aromatic heterocycles. The zero-order chi connectivity index (χ0) is 19.2. The number of rotatable bonds is 5. The predicted molar refractivity (Wildman–Crippen MR) is 96.6 cm³/mol. The van der Waals surface area contributed by atoms with E-state index >= 15 is 0 Å². The second-order valence-corrected chi connectivity index (χ2v) is 6.48. The van der Waals surface area contributed by atoms with Crippen LogP contribution in [-0.2, 0) is 23.1 Å². The lowest BCUT2D eigenvalue weighted by Gasteiger charge is -2.12. The Kier molecular flexibility index (Phi) is 4.47. The van der Waals surface area contributed by atoms with Gasteiger partial charge >= 0.3 is 11.7 Å². The minimum absolute atomic E-state index is 0.0353. The van der Waals surface area contributed by atoms with Gasteiger partial charge in [-0.15, -0.1) is 0 Å². The van der Waals surface area contributed by atoms with Gasteiger partial charge in [0, 0.05) is 31.5 Å². The summed E-state index contributed by atoms with van der Waals surface area (Å²) in [4.78, 5) is 41.5. The van der Waals surface area contributed by atoms with Crippen molar-refractivity contribution in [2.45, 2.75) is 46.2 Å². The van der Waals surface area contributed by atoms with Gasteiger partial charge in [0.2, 0.25) is 5.78 Å². The van der Waals surface area contributed by atoms with Crippen molar-refractivity contribution < 1.29 is 9.53 Å². The van der Waals surface area contributed by atoms with Crippen LogP contribution in [0, 0.1) is 6.92 Å². The van der Waals surface area contributed by atoms with Crippen LogP contribution in [0.1, 0.15) is 38.4 Å². The van der Waals surface area contributed by atoms with E-state index in [1.165, 1.54) is 11.7 Å². The fraction of sp³-hybridized carbons (Fsp3) is 0.529. The molecular formula is C17H23N5O4. The van der Waals surface area contributed by atoms with Crippen LogP contribution in [0.15, 0.2) is 15.8 Å². The molecule has 3 rings (SSSR count). The molecule has 9 heteroatoms. The molecule has 3 heterocycles. The minimum atomic E-state index is -0.501. The number of imidazole rings is 2. The molecule has 26 heavy (non-hydrogen) atoms. The first kappa shape index (κ1) is 18.0. The van der Waals surface area contributed by atoms with Gasteiger partial charge in [-0.2, -0.15) is 4.98 Å². The molecule has 0 aliphatic carbocycles. The monoisotopic (exact) mass is 361 g/mol. The highest BCUT2D eigenvalue weighted by Crippen LogP contribution is 2.22. The molecule has 9 nitrogen and oxygen atoms in total. The van der Waals surface area contributed by atoms with Crippen molar-refractivity contribution in [1.29, 1.82) is 0 Å². The van der Waals surface area contributed by atoms with Gasteiger partial charge < -0.3 is 9.30 Å². The summed E-state index contributed by atoms with van der Waals surface area (Å²) >= 11 is 0. The zero-order valence-corrected chi connectivity index (χ0v) is 15.6. The minimum Gasteiger partial charge on any atom is -0.469 e. The smallest absolute Gasteiger partial charge is 0.332 e. The molecule has 0 N–H and O–H groups in total. The maximum atomic E-state index is 13.0. The number of hydrogen-bond donors (Lipinski definition) is 0. The molecular weight excluding hydrogens is 338 g/mol. The number of nitrogens with zero attached hydrogens (tertiary/aromatic N) is 5. The quantitative estimate of drug-likeness (QED) is 0.632. The highest BCUT2D eigenvalue weighted by atomic mass is 16.5. The fourth-order valence-corrected chi connectivity index (χ4v) is 3.26. The molecule has 0 aromatic carbocycles. The summed E-state index contributed by atoms with van der Waals surface area (Å²) in [5.41, 5.74) is 0.691. The summed E-state index contributed by atoms with van der Waals surface area (Å²) < 4.78 is 10.8. The molecule has 0 saturated heterocycles. The topological polar surface area (TPSA) is 92.5 Å². The zero-order valence-electron chi connectivity index (χ0n) is 15.6. The summed E-state index contributed by atoms with van der Waals surface area (Å²) in [5, 5.41) is 0. The number of esters is 1. The van der Waals surface area contributed by atoms with Crippen LogP contribution in [0.4, 0.5) is 0 Å². The standard InChI is InChI=1S/C17H23N5O4/c1-6-10(2)22-11(3)9-21-13-14(18-16(21)22)19(4)17(25)20(15(13)24)8-7-12(23)26-5/h9-10H,6-8H2,1-5H3/t10-/m1/s1. The normalized spacial score (nSPS) is 12.8. The Hall–Kier alpha value is -2.84. The predicted octanol–water partition coefficient (Wildman–Crippen LogP) is 0.992. The third-order valence-corrected chi connectivity index (χ3v) is 4.87. The third kappa shape index (κ3) is 2.54. The average Bonchev–Trinajstić information content (AvgIpc) is 3.13. The van der Waals surface area contributed by atoms with Crippen LogP contribution in [0.3, 0.4) is 0 Å². The van der Waals surface area contributed by atoms with Crippen molar-refractivity contribution in [3.8, 4) is 0 Å². The van der Waals surface area contributed by atoms with Crippen LogP contribution in [-0.4, -0.2) is 36.2 Å². The summed E-state index contributed by atoms with van der Waals surface area (Å²) in [6, 6.07) is 0.211. The largest absolute Gasteiger partial charge is 0.469 e. The molecule has 1 atom stereocenters. The highest BCUT2D eigenvalue weighted by Gasteiger charge is 2.21. The number of fused-ring (bicyclic) bond motifs is 3. The molecule has 0 saturated carbocycles. The molecule has 0 fully saturated rings.